The van der Waals surface area contributed by atoms with Crippen LogP contribution < -0.4 is 5.32 Å². The molecule has 10 heteroatoms. The van der Waals surface area contributed by atoms with E-state index < -0.39 is 0 Å². The molecule has 182 valence electrons. The second-order valence-corrected chi connectivity index (χ2v) is 11.2. The molecule has 7 rings (SSSR count). The number of aryl methyl sites for hydroxylation is 1. The van der Waals surface area contributed by atoms with Crippen LogP contribution in [0.1, 0.15) is 81.0 Å². The second-order valence-electron chi connectivity index (χ2n) is 10.1. The third kappa shape index (κ3) is 3.12. The Labute approximate surface area is 206 Å². The van der Waals surface area contributed by atoms with Gasteiger partial charge in [0.2, 0.25) is 0 Å². The van der Waals surface area contributed by atoms with Crippen molar-refractivity contribution >= 4 is 22.3 Å². The van der Waals surface area contributed by atoms with Crippen LogP contribution in [0.15, 0.2) is 18.5 Å². The first-order chi connectivity index (χ1) is 17.0. The van der Waals surface area contributed by atoms with Crippen LogP contribution in [-0.4, -0.2) is 40.0 Å². The van der Waals surface area contributed by atoms with Crippen LogP contribution in [0.5, 0.6) is 0 Å². The Morgan fingerprint density at radius 2 is 1.89 bits per heavy atom. The number of aromatic nitrogens is 5. The van der Waals surface area contributed by atoms with Gasteiger partial charge in [0.15, 0.2) is 10.9 Å². The molecule has 4 aromatic heterocycles. The lowest BCUT2D eigenvalue weighted by molar-refractivity contribution is 0.139. The topological polar surface area (TPSA) is 113 Å². The third-order valence-electron chi connectivity index (χ3n) is 8.16. The van der Waals surface area contributed by atoms with Crippen LogP contribution in [0.4, 0.5) is 10.9 Å². The van der Waals surface area contributed by atoms with Crippen molar-refractivity contribution in [2.75, 3.05) is 5.32 Å². The van der Waals surface area contributed by atoms with Crippen molar-refractivity contribution < 1.29 is 15.6 Å². The molecule has 0 saturated carbocycles. The third-order valence-corrected chi connectivity index (χ3v) is 9.19. The van der Waals surface area contributed by atoms with E-state index in [1.807, 2.05) is 13.1 Å². The SMILES string of the molecule is Cc1cn(O)c2c1CC(c1cc3c(n1O)CCC3c1cnc(Nc3nn(O)c4c3CCCC4)s1)C2. The molecular weight excluding hydrogens is 464 g/mol. The molecule has 3 aliphatic rings. The largest absolute Gasteiger partial charge is 0.429 e. The molecule has 0 fully saturated rings. The lowest BCUT2D eigenvalue weighted by atomic mass is 9.97. The number of rotatable bonds is 4. The summed E-state index contributed by atoms with van der Waals surface area (Å²) in [5.41, 5.74) is 8.33. The molecule has 0 aromatic carbocycles. The van der Waals surface area contributed by atoms with Gasteiger partial charge in [0.1, 0.15) is 0 Å². The second kappa shape index (κ2) is 7.55. The zero-order valence-electron chi connectivity index (χ0n) is 19.5. The maximum Gasteiger partial charge on any atom is 0.188 e. The Morgan fingerprint density at radius 1 is 1.03 bits per heavy atom. The van der Waals surface area contributed by atoms with Crippen molar-refractivity contribution in [3.63, 3.8) is 0 Å². The first-order valence-electron chi connectivity index (χ1n) is 12.3. The number of anilines is 2. The number of fused-ring (bicyclic) bond motifs is 3. The number of hydrogen-bond donors (Lipinski definition) is 4. The van der Waals surface area contributed by atoms with Gasteiger partial charge in [-0.3, -0.25) is 0 Å². The maximum absolute atomic E-state index is 11.0. The van der Waals surface area contributed by atoms with Crippen LogP contribution in [0.2, 0.25) is 0 Å². The maximum atomic E-state index is 11.0. The predicted molar refractivity (Wildman–Crippen MR) is 130 cm³/mol. The highest BCUT2D eigenvalue weighted by atomic mass is 32.1. The molecule has 2 unspecified atom stereocenters. The van der Waals surface area contributed by atoms with Gasteiger partial charge in [0.25, 0.3) is 0 Å². The van der Waals surface area contributed by atoms with Crippen molar-refractivity contribution in [2.24, 2.45) is 0 Å². The molecule has 0 aliphatic heterocycles. The van der Waals surface area contributed by atoms with E-state index in [4.69, 9.17) is 0 Å². The molecule has 0 saturated heterocycles. The van der Waals surface area contributed by atoms with E-state index in [0.717, 1.165) is 100 Å². The number of nitrogens with one attached hydrogen (secondary N) is 1. The molecule has 4 N–H and O–H groups in total. The first kappa shape index (κ1) is 20.9. The fraction of sp³-hybridized carbons (Fsp3) is 0.440. The van der Waals surface area contributed by atoms with Gasteiger partial charge in [-0.15, -0.1) is 21.3 Å². The molecule has 2 atom stereocenters. The molecular formula is C25H28N6O3S. The summed E-state index contributed by atoms with van der Waals surface area (Å²) >= 11 is 1.61. The average molecular weight is 493 g/mol. The van der Waals surface area contributed by atoms with Gasteiger partial charge in [-0.05, 0) is 74.6 Å². The summed E-state index contributed by atoms with van der Waals surface area (Å²) in [7, 11) is 0. The molecule has 4 aromatic rings. The van der Waals surface area contributed by atoms with Crippen LogP contribution in [-0.2, 0) is 32.1 Å². The van der Waals surface area contributed by atoms with E-state index in [9.17, 15) is 15.6 Å². The van der Waals surface area contributed by atoms with Crippen molar-refractivity contribution in [3.8, 4) is 0 Å². The van der Waals surface area contributed by atoms with E-state index in [2.05, 4.69) is 21.5 Å². The van der Waals surface area contributed by atoms with Gasteiger partial charge < -0.3 is 20.9 Å². The van der Waals surface area contributed by atoms with Crippen molar-refractivity contribution in [3.05, 3.63) is 68.4 Å². The summed E-state index contributed by atoms with van der Waals surface area (Å²) in [5, 5.41) is 39.7. The molecule has 0 amide bonds. The van der Waals surface area contributed by atoms with E-state index in [1.165, 1.54) is 20.6 Å². The summed E-state index contributed by atoms with van der Waals surface area (Å²) in [5.74, 6) is 1.06. The van der Waals surface area contributed by atoms with Gasteiger partial charge >= 0.3 is 0 Å². The van der Waals surface area contributed by atoms with Crippen LogP contribution >= 0.6 is 11.3 Å². The monoisotopic (exact) mass is 492 g/mol. The minimum absolute atomic E-state index is 0.160. The molecule has 0 bridgehead atoms. The Bertz CT molecular complexity index is 1430. The fourth-order valence-electron chi connectivity index (χ4n) is 6.41. The summed E-state index contributed by atoms with van der Waals surface area (Å²) in [6, 6.07) is 2.16. The minimum atomic E-state index is 0.160. The number of thiazole rings is 1. The highest BCUT2D eigenvalue weighted by molar-refractivity contribution is 7.15. The van der Waals surface area contributed by atoms with Gasteiger partial charge in [-0.1, -0.05) is 0 Å². The normalized spacial score (nSPS) is 20.7. The summed E-state index contributed by atoms with van der Waals surface area (Å²) in [6.45, 7) is 2.03. The quantitative estimate of drug-likeness (QED) is 0.311. The van der Waals surface area contributed by atoms with Gasteiger partial charge in [0, 0.05) is 41.1 Å². The molecule has 0 radical (unpaired) electrons. The zero-order chi connectivity index (χ0) is 23.8. The predicted octanol–water partition coefficient (Wildman–Crippen LogP) is 4.55. The Morgan fingerprint density at radius 3 is 2.74 bits per heavy atom. The van der Waals surface area contributed by atoms with E-state index >= 15 is 0 Å². The zero-order valence-corrected chi connectivity index (χ0v) is 20.3. The number of hydrogen-bond acceptors (Lipinski definition) is 7. The lowest BCUT2D eigenvalue weighted by Gasteiger charge is -2.12. The summed E-state index contributed by atoms with van der Waals surface area (Å²) < 4.78 is 2.65. The summed E-state index contributed by atoms with van der Waals surface area (Å²) in [4.78, 5) is 6.79. The Hall–Kier alpha value is -3.40. The van der Waals surface area contributed by atoms with Crippen LogP contribution in [0.25, 0.3) is 0 Å². The van der Waals surface area contributed by atoms with E-state index in [-0.39, 0.29) is 11.8 Å². The molecule has 3 aliphatic carbocycles. The van der Waals surface area contributed by atoms with E-state index in [1.54, 1.807) is 17.5 Å². The van der Waals surface area contributed by atoms with Crippen molar-refractivity contribution in [2.45, 2.75) is 70.1 Å². The van der Waals surface area contributed by atoms with Gasteiger partial charge in [0.05, 0.1) is 22.8 Å². The molecule has 4 heterocycles. The van der Waals surface area contributed by atoms with E-state index in [0.29, 0.717) is 5.82 Å². The molecule has 9 nitrogen and oxygen atoms in total. The van der Waals surface area contributed by atoms with Gasteiger partial charge in [-0.2, -0.15) is 9.46 Å². The van der Waals surface area contributed by atoms with Crippen molar-refractivity contribution in [1.29, 1.82) is 0 Å². The number of nitrogens with zero attached hydrogens (tertiary/aromatic N) is 5. The molecule has 35 heavy (non-hydrogen) atoms. The van der Waals surface area contributed by atoms with Gasteiger partial charge in [-0.25, -0.2) is 4.98 Å². The highest BCUT2D eigenvalue weighted by Gasteiger charge is 2.36. The van der Waals surface area contributed by atoms with Crippen LogP contribution in [0, 0.1) is 6.92 Å². The summed E-state index contributed by atoms with van der Waals surface area (Å²) in [6.07, 6.45) is 11.0. The Balaban J connectivity index is 1.14. The van der Waals surface area contributed by atoms with Crippen molar-refractivity contribution in [1.82, 2.24) is 24.4 Å². The average Bonchev–Trinajstić information content (AvgIpc) is 3.66. The smallest absolute Gasteiger partial charge is 0.188 e. The fourth-order valence-corrected chi connectivity index (χ4v) is 7.38. The minimum Gasteiger partial charge on any atom is -0.429 e. The molecule has 0 spiro atoms. The Kier molecular flexibility index (Phi) is 4.51. The van der Waals surface area contributed by atoms with Crippen LogP contribution in [0.3, 0.4) is 0 Å². The standard InChI is InChI=1S/C25H28N6O3S/c1-13-12-29(32)22-9-14(8-17(13)22)21-10-18-15(6-7-19(18)30(21)33)23-11-26-25(35-23)27-24-16-4-2-3-5-20(16)31(34)28-24/h10-12,14-15,32-34H,2-9H2,1H3,(H,26,27,28). The highest BCUT2D eigenvalue weighted by Crippen LogP contribution is 2.45. The first-order valence-corrected chi connectivity index (χ1v) is 13.1. The lowest BCUT2D eigenvalue weighted by Crippen LogP contribution is -2.09.